The third kappa shape index (κ3) is 3.74. The highest BCUT2D eigenvalue weighted by Gasteiger charge is 2.31. The molecule has 26 heavy (non-hydrogen) atoms. The van der Waals surface area contributed by atoms with Crippen LogP contribution in [0.4, 0.5) is 0 Å². The highest BCUT2D eigenvalue weighted by atomic mass is 16.5. The van der Waals surface area contributed by atoms with Gasteiger partial charge < -0.3 is 19.4 Å². The normalized spacial score (nSPS) is 19.4. The number of hydrogen-bond acceptors (Lipinski definition) is 4. The van der Waals surface area contributed by atoms with Crippen LogP contribution in [0.3, 0.4) is 0 Å². The Morgan fingerprint density at radius 3 is 2.65 bits per heavy atom. The zero-order valence-electron chi connectivity index (χ0n) is 14.5. The van der Waals surface area contributed by atoms with Gasteiger partial charge in [-0.05, 0) is 62.1 Å². The number of nitrogens with zero attached hydrogens (tertiary/aromatic N) is 1. The Kier molecular flexibility index (Phi) is 4.65. The number of likely N-dealkylation sites (tertiary alicyclic amines) is 1. The Labute approximate surface area is 152 Å². The van der Waals surface area contributed by atoms with Crippen molar-refractivity contribution in [2.75, 3.05) is 13.2 Å². The smallest absolute Gasteiger partial charge is 0.289 e. The summed E-state index contributed by atoms with van der Waals surface area (Å²) < 4.78 is 11.1. The van der Waals surface area contributed by atoms with Crippen LogP contribution in [0.2, 0.25) is 0 Å². The Balaban J connectivity index is 1.32. The molecule has 6 heteroatoms. The number of carbonyl (C=O) groups is 2. The largest absolute Gasteiger partial charge is 0.491 e. The summed E-state index contributed by atoms with van der Waals surface area (Å²) in [6.45, 7) is 1.15. The topological polar surface area (TPSA) is 71.8 Å². The molecule has 2 aromatic rings. The Morgan fingerprint density at radius 1 is 1.15 bits per heavy atom. The lowest BCUT2D eigenvalue weighted by molar-refractivity contribution is 0.0659. The number of ether oxygens (including phenoxy) is 1. The van der Waals surface area contributed by atoms with E-state index in [0.29, 0.717) is 36.3 Å². The molecule has 6 nitrogen and oxygen atoms in total. The number of nitrogens with one attached hydrogen (secondary N) is 1. The summed E-state index contributed by atoms with van der Waals surface area (Å²) >= 11 is 0. The number of carbonyl (C=O) groups excluding carboxylic acids is 2. The fourth-order valence-corrected chi connectivity index (χ4v) is 3.21. The van der Waals surface area contributed by atoms with Gasteiger partial charge in [-0.15, -0.1) is 0 Å². The first kappa shape index (κ1) is 16.7. The molecule has 1 saturated carbocycles. The predicted octanol–water partition coefficient (Wildman–Crippen LogP) is 2.86. The molecule has 1 atom stereocenters. The summed E-state index contributed by atoms with van der Waals surface area (Å²) in [5.41, 5.74) is 0.639. The van der Waals surface area contributed by atoms with E-state index in [-0.39, 0.29) is 17.9 Å². The minimum Gasteiger partial charge on any atom is -0.491 e. The average Bonchev–Trinajstić information content (AvgIpc) is 3.15. The summed E-state index contributed by atoms with van der Waals surface area (Å²) in [6.07, 6.45) is 5.52. The van der Waals surface area contributed by atoms with Gasteiger partial charge in [0, 0.05) is 18.2 Å². The van der Waals surface area contributed by atoms with Crippen LogP contribution in [-0.2, 0) is 0 Å². The third-order valence-corrected chi connectivity index (χ3v) is 4.84. The van der Waals surface area contributed by atoms with Crippen molar-refractivity contribution in [3.8, 4) is 5.75 Å². The molecule has 0 spiro atoms. The van der Waals surface area contributed by atoms with Crippen molar-refractivity contribution in [2.45, 2.75) is 37.8 Å². The molecule has 0 radical (unpaired) electrons. The van der Waals surface area contributed by atoms with Crippen molar-refractivity contribution in [1.29, 1.82) is 0 Å². The zero-order chi connectivity index (χ0) is 17.9. The maximum absolute atomic E-state index is 12.5. The van der Waals surface area contributed by atoms with Crippen LogP contribution >= 0.6 is 0 Å². The van der Waals surface area contributed by atoms with Gasteiger partial charge in [-0.3, -0.25) is 9.59 Å². The van der Waals surface area contributed by atoms with Crippen molar-refractivity contribution >= 4 is 11.8 Å². The molecule has 1 aliphatic carbocycles. The van der Waals surface area contributed by atoms with Crippen molar-refractivity contribution in [2.24, 2.45) is 0 Å². The van der Waals surface area contributed by atoms with Gasteiger partial charge in [0.1, 0.15) is 12.4 Å². The maximum atomic E-state index is 12.5. The number of rotatable bonds is 6. The number of amides is 2. The monoisotopic (exact) mass is 354 g/mol. The van der Waals surface area contributed by atoms with E-state index in [2.05, 4.69) is 5.32 Å². The summed E-state index contributed by atoms with van der Waals surface area (Å²) in [5, 5.41) is 2.97. The molecule has 2 fully saturated rings. The van der Waals surface area contributed by atoms with Crippen LogP contribution in [0.15, 0.2) is 47.1 Å². The van der Waals surface area contributed by atoms with E-state index in [9.17, 15) is 9.59 Å². The lowest BCUT2D eigenvalue weighted by Crippen LogP contribution is -2.38. The van der Waals surface area contributed by atoms with Gasteiger partial charge in [0.2, 0.25) is 0 Å². The first-order valence-electron chi connectivity index (χ1n) is 9.09. The molecule has 4 rings (SSSR count). The van der Waals surface area contributed by atoms with E-state index in [1.54, 1.807) is 36.4 Å². The highest BCUT2D eigenvalue weighted by molar-refractivity contribution is 5.94. The first-order valence-corrected chi connectivity index (χ1v) is 9.09. The standard InChI is InChI=1S/C20H22N2O4/c23-19(21-15-7-8-15)14-5-9-17(10-6-14)26-13-16-3-1-11-22(16)20(24)18-4-2-12-25-18/h2,4-6,9-10,12,15-16H,1,3,7-8,11,13H2,(H,21,23). The second-order valence-corrected chi connectivity index (χ2v) is 6.86. The van der Waals surface area contributed by atoms with Crippen LogP contribution in [0.1, 0.15) is 46.6 Å². The van der Waals surface area contributed by atoms with Gasteiger partial charge >= 0.3 is 0 Å². The highest BCUT2D eigenvalue weighted by Crippen LogP contribution is 2.23. The molecule has 1 saturated heterocycles. The lowest BCUT2D eigenvalue weighted by Gasteiger charge is -2.24. The van der Waals surface area contributed by atoms with E-state index in [4.69, 9.17) is 9.15 Å². The van der Waals surface area contributed by atoms with Crippen LogP contribution < -0.4 is 10.1 Å². The molecule has 2 aliphatic rings. The van der Waals surface area contributed by atoms with Crippen molar-refractivity contribution in [1.82, 2.24) is 10.2 Å². The summed E-state index contributed by atoms with van der Waals surface area (Å²) in [6, 6.07) is 10.9. The minimum absolute atomic E-state index is 0.0328. The van der Waals surface area contributed by atoms with E-state index in [0.717, 1.165) is 25.7 Å². The molecular formula is C20H22N2O4. The molecule has 0 bridgehead atoms. The third-order valence-electron chi connectivity index (χ3n) is 4.84. The summed E-state index contributed by atoms with van der Waals surface area (Å²) in [5.74, 6) is 0.937. The zero-order valence-corrected chi connectivity index (χ0v) is 14.5. The van der Waals surface area contributed by atoms with Gasteiger partial charge in [0.25, 0.3) is 11.8 Å². The molecule has 1 unspecified atom stereocenters. The number of benzene rings is 1. The van der Waals surface area contributed by atoms with Gasteiger partial charge in [0.15, 0.2) is 5.76 Å². The van der Waals surface area contributed by atoms with Gasteiger partial charge in [-0.1, -0.05) is 0 Å². The Hall–Kier alpha value is -2.76. The minimum atomic E-state index is -0.0896. The van der Waals surface area contributed by atoms with Gasteiger partial charge in [0.05, 0.1) is 12.3 Å². The van der Waals surface area contributed by atoms with Crippen molar-refractivity contribution in [3.05, 3.63) is 54.0 Å². The fourth-order valence-electron chi connectivity index (χ4n) is 3.21. The van der Waals surface area contributed by atoms with E-state index in [1.165, 1.54) is 6.26 Å². The second kappa shape index (κ2) is 7.23. The van der Waals surface area contributed by atoms with Crippen molar-refractivity contribution in [3.63, 3.8) is 0 Å². The van der Waals surface area contributed by atoms with Crippen LogP contribution in [0.5, 0.6) is 5.75 Å². The van der Waals surface area contributed by atoms with Gasteiger partial charge in [-0.2, -0.15) is 0 Å². The molecule has 1 N–H and O–H groups in total. The van der Waals surface area contributed by atoms with Crippen LogP contribution in [-0.4, -0.2) is 41.9 Å². The fraction of sp³-hybridized carbons (Fsp3) is 0.400. The SMILES string of the molecule is O=C(NC1CC1)c1ccc(OCC2CCCN2C(=O)c2ccco2)cc1. The molecule has 1 aromatic heterocycles. The van der Waals surface area contributed by atoms with Crippen molar-refractivity contribution < 1.29 is 18.7 Å². The number of hydrogen-bond donors (Lipinski definition) is 1. The van der Waals surface area contributed by atoms with E-state index >= 15 is 0 Å². The molecule has 2 amide bonds. The molecule has 2 heterocycles. The second-order valence-electron chi connectivity index (χ2n) is 6.86. The lowest BCUT2D eigenvalue weighted by atomic mass is 10.2. The number of furan rings is 1. The Bertz CT molecular complexity index is 766. The Morgan fingerprint density at radius 2 is 1.96 bits per heavy atom. The summed E-state index contributed by atoms with van der Waals surface area (Å²) in [4.78, 5) is 26.3. The van der Waals surface area contributed by atoms with E-state index in [1.807, 2.05) is 4.90 Å². The molecule has 1 aromatic carbocycles. The first-order chi connectivity index (χ1) is 12.7. The molecular weight excluding hydrogens is 332 g/mol. The van der Waals surface area contributed by atoms with Gasteiger partial charge in [-0.25, -0.2) is 0 Å². The quantitative estimate of drug-likeness (QED) is 0.866. The molecule has 136 valence electrons. The molecule has 1 aliphatic heterocycles. The van der Waals surface area contributed by atoms with E-state index < -0.39 is 0 Å². The maximum Gasteiger partial charge on any atom is 0.289 e. The summed E-state index contributed by atoms with van der Waals surface area (Å²) in [7, 11) is 0. The average molecular weight is 354 g/mol. The predicted molar refractivity (Wildman–Crippen MR) is 95.2 cm³/mol. The van der Waals surface area contributed by atoms with Crippen LogP contribution in [0.25, 0.3) is 0 Å². The van der Waals surface area contributed by atoms with Crippen LogP contribution in [0, 0.1) is 0 Å².